The van der Waals surface area contributed by atoms with Crippen molar-refractivity contribution in [2.75, 3.05) is 13.4 Å². The maximum absolute atomic E-state index is 12.6. The van der Waals surface area contributed by atoms with Crippen LogP contribution in [0.15, 0.2) is 24.3 Å². The molecule has 15 heavy (non-hydrogen) atoms. The summed E-state index contributed by atoms with van der Waals surface area (Å²) in [6.45, 7) is -1.95. The molecule has 0 amide bonds. The fourth-order valence-electron chi connectivity index (χ4n) is 0.824. The van der Waals surface area contributed by atoms with Gasteiger partial charge in [0.15, 0.2) is 6.79 Å². The fourth-order valence-corrected chi connectivity index (χ4v) is 0.824. The largest absolute Gasteiger partial charge is 0.467 e. The van der Waals surface area contributed by atoms with Crippen LogP contribution in [-0.2, 0) is 4.74 Å². The van der Waals surface area contributed by atoms with E-state index in [9.17, 15) is 17.6 Å². The van der Waals surface area contributed by atoms with Crippen LogP contribution < -0.4 is 4.74 Å². The van der Waals surface area contributed by atoms with Crippen LogP contribution in [0.25, 0.3) is 0 Å². The second kappa shape index (κ2) is 4.97. The number of hydrogen-bond acceptors (Lipinski definition) is 2. The molecule has 0 bridgehead atoms. The minimum atomic E-state index is -4.38. The third kappa shape index (κ3) is 5.21. The van der Waals surface area contributed by atoms with E-state index in [-0.39, 0.29) is 5.75 Å². The standard InChI is InChI=1S/C9H8F4O2/c10-7-2-1-3-8(4-7)15-6-14-5-9(11,12)13/h1-4H,5-6H2. The molecule has 0 aliphatic carbocycles. The van der Waals surface area contributed by atoms with Gasteiger partial charge in [0.1, 0.15) is 18.2 Å². The maximum atomic E-state index is 12.6. The lowest BCUT2D eigenvalue weighted by molar-refractivity contribution is -0.186. The van der Waals surface area contributed by atoms with Gasteiger partial charge in [-0.3, -0.25) is 0 Å². The first kappa shape index (κ1) is 11.8. The van der Waals surface area contributed by atoms with Crippen LogP contribution in [0, 0.1) is 5.82 Å². The summed E-state index contributed by atoms with van der Waals surface area (Å²) in [5.41, 5.74) is 0. The molecule has 0 saturated heterocycles. The molecule has 2 nitrogen and oxygen atoms in total. The Labute approximate surface area is 83.4 Å². The molecule has 0 saturated carbocycles. The lowest BCUT2D eigenvalue weighted by Crippen LogP contribution is -2.19. The quantitative estimate of drug-likeness (QED) is 0.444. The normalized spacial score (nSPS) is 11.5. The monoisotopic (exact) mass is 224 g/mol. The molecule has 1 aromatic carbocycles. The van der Waals surface area contributed by atoms with Gasteiger partial charge in [0.2, 0.25) is 0 Å². The number of ether oxygens (including phenoxy) is 2. The molecule has 0 aliphatic heterocycles. The predicted octanol–water partition coefficient (Wildman–Crippen LogP) is 2.74. The molecule has 6 heteroatoms. The molecule has 1 aromatic rings. The minimum Gasteiger partial charge on any atom is -0.467 e. The van der Waals surface area contributed by atoms with E-state index in [1.54, 1.807) is 0 Å². The Morgan fingerprint density at radius 2 is 1.93 bits per heavy atom. The van der Waals surface area contributed by atoms with Gasteiger partial charge in [-0.25, -0.2) is 4.39 Å². The molecule has 1 rings (SSSR count). The van der Waals surface area contributed by atoms with Crippen molar-refractivity contribution in [1.82, 2.24) is 0 Å². The van der Waals surface area contributed by atoms with Crippen molar-refractivity contribution in [2.45, 2.75) is 6.18 Å². The van der Waals surface area contributed by atoms with E-state index in [0.29, 0.717) is 0 Å². The van der Waals surface area contributed by atoms with E-state index >= 15 is 0 Å². The highest BCUT2D eigenvalue weighted by atomic mass is 19.4. The van der Waals surface area contributed by atoms with Crippen molar-refractivity contribution in [3.8, 4) is 5.75 Å². The summed E-state index contributed by atoms with van der Waals surface area (Å²) in [5.74, 6) is -0.402. The van der Waals surface area contributed by atoms with E-state index in [1.165, 1.54) is 18.2 Å². The molecule has 0 N–H and O–H groups in total. The van der Waals surface area contributed by atoms with Crippen LogP contribution in [0.3, 0.4) is 0 Å². The van der Waals surface area contributed by atoms with E-state index in [4.69, 9.17) is 4.74 Å². The lowest BCUT2D eigenvalue weighted by Gasteiger charge is -2.08. The van der Waals surface area contributed by atoms with Crippen molar-refractivity contribution in [3.63, 3.8) is 0 Å². The Morgan fingerprint density at radius 3 is 2.53 bits per heavy atom. The van der Waals surface area contributed by atoms with Gasteiger partial charge < -0.3 is 9.47 Å². The van der Waals surface area contributed by atoms with Crippen LogP contribution in [0.5, 0.6) is 5.75 Å². The summed E-state index contributed by atoms with van der Waals surface area (Å²) < 4.78 is 56.3. The molecule has 0 atom stereocenters. The van der Waals surface area contributed by atoms with Crippen LogP contribution in [0.2, 0.25) is 0 Å². The van der Waals surface area contributed by atoms with Gasteiger partial charge in [-0.15, -0.1) is 0 Å². The fraction of sp³-hybridized carbons (Fsp3) is 0.333. The molecule has 0 aromatic heterocycles. The number of halogens is 4. The number of alkyl halides is 3. The average molecular weight is 224 g/mol. The topological polar surface area (TPSA) is 18.5 Å². The third-order valence-electron chi connectivity index (χ3n) is 1.37. The minimum absolute atomic E-state index is 0.122. The Bertz CT molecular complexity index is 311. The van der Waals surface area contributed by atoms with Gasteiger partial charge in [-0.05, 0) is 12.1 Å². The second-order valence-corrected chi connectivity index (χ2v) is 2.68. The average Bonchev–Trinajstić information content (AvgIpc) is 2.11. The van der Waals surface area contributed by atoms with Gasteiger partial charge >= 0.3 is 6.18 Å². The van der Waals surface area contributed by atoms with Crippen molar-refractivity contribution < 1.29 is 27.0 Å². The van der Waals surface area contributed by atoms with Gasteiger partial charge in [-0.1, -0.05) is 6.07 Å². The first-order chi connectivity index (χ1) is 6.97. The Balaban J connectivity index is 2.26. The first-order valence-electron chi connectivity index (χ1n) is 4.00. The Hall–Kier alpha value is -1.30. The van der Waals surface area contributed by atoms with Crippen LogP contribution in [0.4, 0.5) is 17.6 Å². The molecule has 0 fully saturated rings. The SMILES string of the molecule is Fc1cccc(OCOCC(F)(F)F)c1. The Kier molecular flexibility index (Phi) is 3.90. The molecule has 0 heterocycles. The zero-order chi connectivity index (χ0) is 11.3. The lowest BCUT2D eigenvalue weighted by atomic mass is 10.3. The molecule has 84 valence electrons. The van der Waals surface area contributed by atoms with Crippen LogP contribution in [0.1, 0.15) is 0 Å². The van der Waals surface area contributed by atoms with E-state index in [2.05, 4.69) is 4.74 Å². The summed E-state index contributed by atoms with van der Waals surface area (Å²) in [6, 6.07) is 5.05. The molecule has 0 spiro atoms. The molecule has 0 unspecified atom stereocenters. The molecule has 0 radical (unpaired) electrons. The summed E-state index contributed by atoms with van der Waals surface area (Å²) in [5, 5.41) is 0. The van der Waals surface area contributed by atoms with Gasteiger partial charge in [0, 0.05) is 6.07 Å². The van der Waals surface area contributed by atoms with Crippen molar-refractivity contribution in [3.05, 3.63) is 30.1 Å². The Morgan fingerprint density at radius 1 is 1.20 bits per heavy atom. The number of benzene rings is 1. The second-order valence-electron chi connectivity index (χ2n) is 2.68. The zero-order valence-electron chi connectivity index (χ0n) is 7.55. The van der Waals surface area contributed by atoms with E-state index in [1.807, 2.05) is 0 Å². The summed E-state index contributed by atoms with van der Waals surface area (Å²) >= 11 is 0. The number of hydrogen-bond donors (Lipinski definition) is 0. The van der Waals surface area contributed by atoms with Crippen molar-refractivity contribution in [1.29, 1.82) is 0 Å². The summed E-state index contributed by atoms with van der Waals surface area (Å²) in [7, 11) is 0. The zero-order valence-corrected chi connectivity index (χ0v) is 7.55. The van der Waals surface area contributed by atoms with E-state index < -0.39 is 25.4 Å². The molecular weight excluding hydrogens is 216 g/mol. The van der Waals surface area contributed by atoms with E-state index in [0.717, 1.165) is 6.07 Å². The first-order valence-corrected chi connectivity index (χ1v) is 4.00. The highest BCUT2D eigenvalue weighted by molar-refractivity contribution is 5.22. The predicted molar refractivity (Wildman–Crippen MR) is 43.9 cm³/mol. The van der Waals surface area contributed by atoms with Gasteiger partial charge in [0.25, 0.3) is 0 Å². The summed E-state index contributed by atoms with van der Waals surface area (Å²) in [4.78, 5) is 0. The van der Waals surface area contributed by atoms with Crippen LogP contribution in [-0.4, -0.2) is 19.6 Å². The third-order valence-corrected chi connectivity index (χ3v) is 1.37. The van der Waals surface area contributed by atoms with Crippen LogP contribution >= 0.6 is 0 Å². The van der Waals surface area contributed by atoms with Crippen molar-refractivity contribution in [2.24, 2.45) is 0 Å². The number of rotatable bonds is 4. The highest BCUT2D eigenvalue weighted by Crippen LogP contribution is 2.15. The summed E-state index contributed by atoms with van der Waals surface area (Å²) in [6.07, 6.45) is -4.38. The highest BCUT2D eigenvalue weighted by Gasteiger charge is 2.27. The van der Waals surface area contributed by atoms with Gasteiger partial charge in [0.05, 0.1) is 0 Å². The molecule has 0 aliphatic rings. The van der Waals surface area contributed by atoms with Crippen molar-refractivity contribution >= 4 is 0 Å². The van der Waals surface area contributed by atoms with Gasteiger partial charge in [-0.2, -0.15) is 13.2 Å². The molecular formula is C9H8F4O2. The maximum Gasteiger partial charge on any atom is 0.411 e. The smallest absolute Gasteiger partial charge is 0.411 e.